The Hall–Kier alpha value is -2.17. The van der Waals surface area contributed by atoms with Crippen molar-refractivity contribution in [2.75, 3.05) is 18.5 Å². The molecule has 2 aromatic carbocycles. The molecule has 0 aliphatic rings. The van der Waals surface area contributed by atoms with Gasteiger partial charge in [0.2, 0.25) is 0 Å². The largest absolute Gasteiger partial charge is 0.489 e. The van der Waals surface area contributed by atoms with Crippen LogP contribution in [0.5, 0.6) is 5.75 Å². The molecule has 0 radical (unpaired) electrons. The molecule has 2 nitrogen and oxygen atoms in total. The number of hydrogen-bond acceptors (Lipinski definition) is 2. The number of halogens is 3. The van der Waals surface area contributed by atoms with E-state index >= 15 is 0 Å². The molecule has 0 saturated heterocycles. The second kappa shape index (κ2) is 6.13. The molecule has 19 heavy (non-hydrogen) atoms. The van der Waals surface area contributed by atoms with Gasteiger partial charge in [-0.15, -0.1) is 0 Å². The summed E-state index contributed by atoms with van der Waals surface area (Å²) in [5, 5.41) is 2.79. The number of nitrogens with one attached hydrogen (secondary N) is 1. The summed E-state index contributed by atoms with van der Waals surface area (Å²) in [6.45, 7) is 0.482. The van der Waals surface area contributed by atoms with Crippen LogP contribution in [0.25, 0.3) is 0 Å². The lowest BCUT2D eigenvalue weighted by molar-refractivity contribution is 0.315. The fourth-order valence-corrected chi connectivity index (χ4v) is 1.57. The van der Waals surface area contributed by atoms with E-state index in [1.165, 1.54) is 24.3 Å². The maximum absolute atomic E-state index is 13.2. The minimum absolute atomic E-state index is 0.148. The summed E-state index contributed by atoms with van der Waals surface area (Å²) in [6.07, 6.45) is 0. The van der Waals surface area contributed by atoms with E-state index in [2.05, 4.69) is 5.32 Å². The van der Waals surface area contributed by atoms with E-state index < -0.39 is 17.5 Å². The van der Waals surface area contributed by atoms with Gasteiger partial charge in [0.15, 0.2) is 11.6 Å². The lowest BCUT2D eigenvalue weighted by Gasteiger charge is -2.09. The van der Waals surface area contributed by atoms with Gasteiger partial charge in [0.1, 0.15) is 18.2 Å². The summed E-state index contributed by atoms with van der Waals surface area (Å²) < 4.78 is 44.2. The first-order valence-electron chi connectivity index (χ1n) is 5.72. The van der Waals surface area contributed by atoms with Crippen molar-refractivity contribution in [2.45, 2.75) is 0 Å². The third kappa shape index (κ3) is 3.91. The zero-order valence-electron chi connectivity index (χ0n) is 10.00. The van der Waals surface area contributed by atoms with Gasteiger partial charge in [0.25, 0.3) is 0 Å². The van der Waals surface area contributed by atoms with Crippen molar-refractivity contribution in [3.8, 4) is 5.75 Å². The van der Waals surface area contributed by atoms with Crippen LogP contribution in [0.3, 0.4) is 0 Å². The average Bonchev–Trinajstić information content (AvgIpc) is 2.35. The lowest BCUT2D eigenvalue weighted by atomic mass is 10.3. The van der Waals surface area contributed by atoms with Crippen molar-refractivity contribution in [2.24, 2.45) is 0 Å². The molecule has 0 bridgehead atoms. The summed E-state index contributed by atoms with van der Waals surface area (Å²) in [6, 6.07) is 9.17. The normalized spacial score (nSPS) is 10.3. The summed E-state index contributed by atoms with van der Waals surface area (Å²) in [5.74, 6) is -1.61. The van der Waals surface area contributed by atoms with Gasteiger partial charge in [-0.2, -0.15) is 0 Å². The van der Waals surface area contributed by atoms with Crippen molar-refractivity contribution >= 4 is 5.69 Å². The third-order valence-electron chi connectivity index (χ3n) is 2.39. The Balaban J connectivity index is 1.82. The standard InChI is InChI=1S/C14H12F3NO/c15-10-7-11(16)9-12(8-10)18-5-6-19-14-4-2-1-3-13(14)17/h1-4,7-9,18H,5-6H2. The van der Waals surface area contributed by atoms with Crippen LogP contribution in [0.15, 0.2) is 42.5 Å². The summed E-state index contributed by atoms with van der Waals surface area (Å²) in [5.41, 5.74) is 0.314. The quantitative estimate of drug-likeness (QED) is 0.836. The van der Waals surface area contributed by atoms with Crippen molar-refractivity contribution in [3.63, 3.8) is 0 Å². The number of hydrogen-bond donors (Lipinski definition) is 1. The maximum Gasteiger partial charge on any atom is 0.165 e. The van der Waals surface area contributed by atoms with Crippen molar-refractivity contribution < 1.29 is 17.9 Å². The van der Waals surface area contributed by atoms with Gasteiger partial charge in [0, 0.05) is 18.3 Å². The molecule has 0 unspecified atom stereocenters. The number of rotatable bonds is 5. The topological polar surface area (TPSA) is 21.3 Å². The molecule has 0 saturated carbocycles. The molecular weight excluding hydrogens is 255 g/mol. The molecular formula is C14H12F3NO. The molecule has 100 valence electrons. The highest BCUT2D eigenvalue weighted by molar-refractivity contribution is 5.43. The molecule has 0 aromatic heterocycles. The minimum atomic E-state index is -0.655. The van der Waals surface area contributed by atoms with Gasteiger partial charge in [-0.05, 0) is 24.3 Å². The number of para-hydroxylation sites is 1. The minimum Gasteiger partial charge on any atom is -0.489 e. The molecule has 2 rings (SSSR count). The number of benzene rings is 2. The van der Waals surface area contributed by atoms with E-state index in [9.17, 15) is 13.2 Å². The average molecular weight is 267 g/mol. The molecule has 0 fully saturated rings. The van der Waals surface area contributed by atoms with E-state index in [1.807, 2.05) is 0 Å². The fraction of sp³-hybridized carbons (Fsp3) is 0.143. The first kappa shape index (κ1) is 13.3. The summed E-state index contributed by atoms with van der Waals surface area (Å²) in [4.78, 5) is 0. The van der Waals surface area contributed by atoms with Crippen LogP contribution >= 0.6 is 0 Å². The van der Waals surface area contributed by atoms with Crippen molar-refractivity contribution in [1.82, 2.24) is 0 Å². The van der Waals surface area contributed by atoms with E-state index in [-0.39, 0.29) is 12.4 Å². The summed E-state index contributed by atoms with van der Waals surface area (Å²) >= 11 is 0. The highest BCUT2D eigenvalue weighted by Crippen LogP contribution is 2.15. The molecule has 2 aromatic rings. The monoisotopic (exact) mass is 267 g/mol. The zero-order chi connectivity index (χ0) is 13.7. The number of anilines is 1. The fourth-order valence-electron chi connectivity index (χ4n) is 1.57. The van der Waals surface area contributed by atoms with Gasteiger partial charge >= 0.3 is 0 Å². The molecule has 0 atom stereocenters. The first-order chi connectivity index (χ1) is 9.15. The first-order valence-corrected chi connectivity index (χ1v) is 5.72. The maximum atomic E-state index is 13.2. The van der Waals surface area contributed by atoms with Gasteiger partial charge in [-0.3, -0.25) is 0 Å². The van der Waals surface area contributed by atoms with Gasteiger partial charge < -0.3 is 10.1 Å². The van der Waals surface area contributed by atoms with Crippen LogP contribution in [-0.4, -0.2) is 13.2 Å². The van der Waals surface area contributed by atoms with E-state index in [0.717, 1.165) is 6.07 Å². The van der Waals surface area contributed by atoms with E-state index in [4.69, 9.17) is 4.74 Å². The second-order valence-corrected chi connectivity index (χ2v) is 3.86. The van der Waals surface area contributed by atoms with Crippen LogP contribution < -0.4 is 10.1 Å². The van der Waals surface area contributed by atoms with Crippen LogP contribution in [-0.2, 0) is 0 Å². The zero-order valence-corrected chi connectivity index (χ0v) is 10.00. The second-order valence-electron chi connectivity index (χ2n) is 3.86. The number of ether oxygens (including phenoxy) is 1. The van der Waals surface area contributed by atoms with Crippen LogP contribution in [0.4, 0.5) is 18.9 Å². The highest BCUT2D eigenvalue weighted by atomic mass is 19.1. The smallest absolute Gasteiger partial charge is 0.165 e. The lowest BCUT2D eigenvalue weighted by Crippen LogP contribution is -2.12. The molecule has 0 aliphatic carbocycles. The Kier molecular flexibility index (Phi) is 4.28. The Labute approximate surface area is 108 Å². The highest BCUT2D eigenvalue weighted by Gasteiger charge is 2.02. The van der Waals surface area contributed by atoms with Crippen LogP contribution in [0.2, 0.25) is 0 Å². The van der Waals surface area contributed by atoms with Gasteiger partial charge in [0.05, 0.1) is 0 Å². The molecule has 0 heterocycles. The van der Waals surface area contributed by atoms with E-state index in [1.54, 1.807) is 12.1 Å². The Morgan fingerprint density at radius 2 is 1.63 bits per heavy atom. The molecule has 1 N–H and O–H groups in total. The van der Waals surface area contributed by atoms with Crippen LogP contribution in [0.1, 0.15) is 0 Å². The Bertz CT molecular complexity index is 540. The van der Waals surface area contributed by atoms with Gasteiger partial charge in [-0.25, -0.2) is 13.2 Å². The Morgan fingerprint density at radius 1 is 0.947 bits per heavy atom. The third-order valence-corrected chi connectivity index (χ3v) is 2.39. The van der Waals surface area contributed by atoms with Crippen molar-refractivity contribution in [1.29, 1.82) is 0 Å². The Morgan fingerprint density at radius 3 is 2.32 bits per heavy atom. The SMILES string of the molecule is Fc1cc(F)cc(NCCOc2ccccc2F)c1. The molecule has 0 amide bonds. The van der Waals surface area contributed by atoms with Crippen molar-refractivity contribution in [3.05, 3.63) is 59.9 Å². The van der Waals surface area contributed by atoms with E-state index in [0.29, 0.717) is 12.2 Å². The predicted molar refractivity (Wildman–Crippen MR) is 66.7 cm³/mol. The predicted octanol–water partition coefficient (Wildman–Crippen LogP) is 3.59. The molecule has 0 spiro atoms. The van der Waals surface area contributed by atoms with Gasteiger partial charge in [-0.1, -0.05) is 12.1 Å². The molecule has 5 heteroatoms. The van der Waals surface area contributed by atoms with Crippen LogP contribution in [0, 0.1) is 17.5 Å². The summed E-state index contributed by atoms with van der Waals surface area (Å²) in [7, 11) is 0. The molecule has 0 aliphatic heterocycles.